The maximum Gasteiger partial charge on any atom is 0.339 e. The normalized spacial score (nSPS) is 14.3. The minimum Gasteiger partial charge on any atom is -0.463 e. The molecule has 1 aliphatic heterocycles. The second-order valence-electron chi connectivity index (χ2n) is 8.67. The highest BCUT2D eigenvalue weighted by molar-refractivity contribution is 7.89. The van der Waals surface area contributed by atoms with E-state index in [1.807, 2.05) is 0 Å². The Morgan fingerprint density at radius 2 is 1.84 bits per heavy atom. The Morgan fingerprint density at radius 1 is 1.05 bits per heavy atom. The molecule has 1 N–H and O–H groups in total. The van der Waals surface area contributed by atoms with Crippen molar-refractivity contribution in [3.05, 3.63) is 78.1 Å². The number of sulfonamides is 1. The number of benzene rings is 2. The quantitative estimate of drug-likeness (QED) is 0.356. The highest BCUT2D eigenvalue weighted by atomic mass is 32.2. The molecule has 1 saturated heterocycles. The Balaban J connectivity index is 1.31. The first-order valence-corrected chi connectivity index (χ1v) is 13.4. The van der Waals surface area contributed by atoms with Gasteiger partial charge in [0.25, 0.3) is 5.91 Å². The molecule has 1 fully saturated rings. The second kappa shape index (κ2) is 10.7. The number of morpholine rings is 1. The molecule has 0 unspecified atom stereocenters. The van der Waals surface area contributed by atoms with Crippen molar-refractivity contribution in [1.29, 1.82) is 0 Å². The van der Waals surface area contributed by atoms with Crippen molar-refractivity contribution in [3.63, 3.8) is 0 Å². The number of nitrogens with one attached hydrogen (secondary N) is 1. The van der Waals surface area contributed by atoms with E-state index in [1.54, 1.807) is 55.5 Å². The summed E-state index contributed by atoms with van der Waals surface area (Å²) in [4.78, 5) is 30.3. The van der Waals surface area contributed by atoms with Crippen LogP contribution in [-0.4, -0.2) is 62.5 Å². The van der Waals surface area contributed by atoms with Crippen molar-refractivity contribution >= 4 is 38.5 Å². The van der Waals surface area contributed by atoms with Gasteiger partial charge in [-0.3, -0.25) is 4.79 Å². The van der Waals surface area contributed by atoms with E-state index in [4.69, 9.17) is 13.9 Å². The topological polar surface area (TPSA) is 128 Å². The van der Waals surface area contributed by atoms with E-state index < -0.39 is 28.5 Å². The van der Waals surface area contributed by atoms with Gasteiger partial charge in [0.2, 0.25) is 10.0 Å². The average Bonchev–Trinajstić information content (AvgIpc) is 3.48. The highest BCUT2D eigenvalue weighted by Gasteiger charge is 2.27. The Morgan fingerprint density at radius 3 is 2.61 bits per heavy atom. The molecular weight excluding hydrogens is 510 g/mol. The first kappa shape index (κ1) is 25.6. The van der Waals surface area contributed by atoms with Gasteiger partial charge in [-0.1, -0.05) is 24.3 Å². The van der Waals surface area contributed by atoms with E-state index in [0.29, 0.717) is 46.8 Å². The molecule has 2 aromatic heterocycles. The number of hydrogen-bond donors (Lipinski definition) is 1. The SMILES string of the molecule is Cc1ccc(S(=O)(=O)N2CCOCC2)cc1NC(=O)COC(=O)c1cc(-c2ccco2)nc2ccccc12. The molecule has 196 valence electrons. The number of amides is 1. The number of esters is 1. The molecule has 0 atom stereocenters. The Kier molecular flexibility index (Phi) is 7.23. The molecule has 10 nitrogen and oxygen atoms in total. The molecule has 11 heteroatoms. The summed E-state index contributed by atoms with van der Waals surface area (Å²) in [6.07, 6.45) is 1.51. The van der Waals surface area contributed by atoms with Crippen LogP contribution in [0.2, 0.25) is 0 Å². The number of para-hydroxylation sites is 1. The number of furan rings is 1. The van der Waals surface area contributed by atoms with Crippen molar-refractivity contribution in [3.8, 4) is 11.5 Å². The van der Waals surface area contributed by atoms with Gasteiger partial charge >= 0.3 is 5.97 Å². The fourth-order valence-electron chi connectivity index (χ4n) is 4.12. The van der Waals surface area contributed by atoms with Crippen LogP contribution < -0.4 is 5.32 Å². The number of rotatable bonds is 7. The van der Waals surface area contributed by atoms with Gasteiger partial charge in [-0.2, -0.15) is 4.31 Å². The predicted octanol–water partition coefficient (Wildman–Crippen LogP) is 3.62. The molecule has 38 heavy (non-hydrogen) atoms. The van der Waals surface area contributed by atoms with Gasteiger partial charge in [0, 0.05) is 24.2 Å². The Bertz CT molecular complexity index is 1590. The van der Waals surface area contributed by atoms with E-state index in [1.165, 1.54) is 22.7 Å². The fourth-order valence-corrected chi connectivity index (χ4v) is 5.56. The van der Waals surface area contributed by atoms with Crippen molar-refractivity contribution in [2.45, 2.75) is 11.8 Å². The third-order valence-corrected chi connectivity index (χ3v) is 8.03. The highest BCUT2D eigenvalue weighted by Crippen LogP contribution is 2.26. The zero-order chi connectivity index (χ0) is 26.7. The van der Waals surface area contributed by atoms with Gasteiger partial charge in [-0.25, -0.2) is 18.2 Å². The largest absolute Gasteiger partial charge is 0.463 e. The molecule has 1 aliphatic rings. The van der Waals surface area contributed by atoms with Crippen molar-refractivity contribution in [2.24, 2.45) is 0 Å². The second-order valence-corrected chi connectivity index (χ2v) is 10.6. The summed E-state index contributed by atoms with van der Waals surface area (Å²) >= 11 is 0. The summed E-state index contributed by atoms with van der Waals surface area (Å²) in [6.45, 7) is 2.36. The number of carbonyl (C=O) groups excluding carboxylic acids is 2. The summed E-state index contributed by atoms with van der Waals surface area (Å²) in [5.74, 6) is -0.816. The number of aromatic nitrogens is 1. The van der Waals surface area contributed by atoms with Gasteiger partial charge < -0.3 is 19.2 Å². The third-order valence-electron chi connectivity index (χ3n) is 6.14. The zero-order valence-corrected chi connectivity index (χ0v) is 21.4. The summed E-state index contributed by atoms with van der Waals surface area (Å²) in [5, 5.41) is 3.23. The number of nitrogens with zero attached hydrogens (tertiary/aromatic N) is 2. The van der Waals surface area contributed by atoms with Gasteiger partial charge in [0.15, 0.2) is 12.4 Å². The molecular formula is C27H25N3O7S. The van der Waals surface area contributed by atoms with E-state index in [2.05, 4.69) is 10.3 Å². The van der Waals surface area contributed by atoms with Crippen LogP contribution in [0.15, 0.2) is 76.2 Å². The summed E-state index contributed by atoms with van der Waals surface area (Å²) < 4.78 is 43.3. The zero-order valence-electron chi connectivity index (χ0n) is 20.5. The number of pyridine rings is 1. The van der Waals surface area contributed by atoms with E-state index in [0.717, 1.165) is 0 Å². The molecule has 0 bridgehead atoms. The standard InChI is InChI=1S/C27H25N3O7S/c1-18-8-9-19(38(33,34)30-10-13-35-14-11-30)15-23(18)29-26(31)17-37-27(32)21-16-24(25-7-4-12-36-25)28-22-6-3-2-5-20(21)22/h2-9,12,15-16H,10-11,13-14,17H2,1H3,(H,29,31). The summed E-state index contributed by atoms with van der Waals surface area (Å²) in [5.41, 5.74) is 2.25. The smallest absolute Gasteiger partial charge is 0.339 e. The Labute approximate surface area is 219 Å². The van der Waals surface area contributed by atoms with Crippen molar-refractivity contribution in [1.82, 2.24) is 9.29 Å². The first-order valence-electron chi connectivity index (χ1n) is 11.9. The summed E-state index contributed by atoms with van der Waals surface area (Å²) in [6, 6.07) is 16.6. The first-order chi connectivity index (χ1) is 18.3. The van der Waals surface area contributed by atoms with Crippen LogP contribution >= 0.6 is 0 Å². The number of fused-ring (bicyclic) bond motifs is 1. The number of anilines is 1. The minimum atomic E-state index is -3.74. The van der Waals surface area contributed by atoms with Crippen LogP contribution in [0.1, 0.15) is 15.9 Å². The molecule has 2 aromatic carbocycles. The number of aryl methyl sites for hydroxylation is 1. The van der Waals surface area contributed by atoms with Crippen LogP contribution in [0.5, 0.6) is 0 Å². The lowest BCUT2D eigenvalue weighted by Gasteiger charge is -2.26. The average molecular weight is 536 g/mol. The van der Waals surface area contributed by atoms with Crippen LogP contribution in [0.3, 0.4) is 0 Å². The molecule has 3 heterocycles. The van der Waals surface area contributed by atoms with Crippen LogP contribution in [0.25, 0.3) is 22.4 Å². The van der Waals surface area contributed by atoms with Crippen molar-refractivity contribution in [2.75, 3.05) is 38.2 Å². The number of carbonyl (C=O) groups is 2. The van der Waals surface area contributed by atoms with Gasteiger partial charge in [0.1, 0.15) is 5.69 Å². The molecule has 0 aliphatic carbocycles. The Hall–Kier alpha value is -4.06. The van der Waals surface area contributed by atoms with Crippen molar-refractivity contribution < 1.29 is 31.9 Å². The van der Waals surface area contributed by atoms with E-state index in [-0.39, 0.29) is 23.5 Å². The third kappa shape index (κ3) is 5.30. The maximum atomic E-state index is 13.0. The monoisotopic (exact) mass is 535 g/mol. The van der Waals surface area contributed by atoms with Crippen LogP contribution in [0.4, 0.5) is 5.69 Å². The predicted molar refractivity (Wildman–Crippen MR) is 139 cm³/mol. The lowest BCUT2D eigenvalue weighted by Crippen LogP contribution is -2.40. The van der Waals surface area contributed by atoms with E-state index >= 15 is 0 Å². The lowest BCUT2D eigenvalue weighted by atomic mass is 10.1. The molecule has 0 spiro atoms. The molecule has 5 rings (SSSR count). The number of hydrogen-bond acceptors (Lipinski definition) is 8. The van der Waals surface area contributed by atoms with Crippen LogP contribution in [0, 0.1) is 6.92 Å². The molecule has 0 saturated carbocycles. The molecule has 4 aromatic rings. The minimum absolute atomic E-state index is 0.0611. The fraction of sp³-hybridized carbons (Fsp3) is 0.222. The van der Waals surface area contributed by atoms with Gasteiger partial charge in [-0.05, 0) is 48.9 Å². The summed E-state index contributed by atoms with van der Waals surface area (Å²) in [7, 11) is -3.74. The maximum absolute atomic E-state index is 13.0. The molecule has 1 amide bonds. The lowest BCUT2D eigenvalue weighted by molar-refractivity contribution is -0.119. The van der Waals surface area contributed by atoms with Gasteiger partial charge in [0.05, 0.1) is 35.5 Å². The van der Waals surface area contributed by atoms with E-state index in [9.17, 15) is 18.0 Å². The molecule has 0 radical (unpaired) electrons. The number of ether oxygens (including phenoxy) is 2. The van der Waals surface area contributed by atoms with Gasteiger partial charge in [-0.15, -0.1) is 0 Å². The van der Waals surface area contributed by atoms with Crippen LogP contribution in [-0.2, 0) is 24.3 Å².